The molecule has 0 unspecified atom stereocenters. The van der Waals surface area contributed by atoms with Crippen LogP contribution in [0.15, 0.2) is 66.7 Å². The van der Waals surface area contributed by atoms with E-state index in [1.807, 2.05) is 37.3 Å². The summed E-state index contributed by atoms with van der Waals surface area (Å²) < 4.78 is 14.1. The van der Waals surface area contributed by atoms with Gasteiger partial charge in [0.15, 0.2) is 0 Å². The van der Waals surface area contributed by atoms with Crippen molar-refractivity contribution < 1.29 is 14.0 Å². The molecule has 146 valence electrons. The maximum atomic E-state index is 14.1. The van der Waals surface area contributed by atoms with E-state index in [-0.39, 0.29) is 17.4 Å². The van der Waals surface area contributed by atoms with Gasteiger partial charge in [-0.1, -0.05) is 24.3 Å². The second kappa shape index (κ2) is 7.87. The Morgan fingerprint density at radius 3 is 2.62 bits per heavy atom. The van der Waals surface area contributed by atoms with Crippen LogP contribution in [0, 0.1) is 12.7 Å². The standard InChI is InChI=1S/C24H21FN2O2/c1-16-6-4-8-19(14-16)26-23(28)18-11-12-22-17(15-18)7-5-13-27(22)24(29)20-9-2-3-10-21(20)25/h2-4,6,8-12,14-15H,5,7,13H2,1H3,(H,26,28). The van der Waals surface area contributed by atoms with E-state index in [2.05, 4.69) is 5.32 Å². The molecule has 3 aromatic carbocycles. The summed E-state index contributed by atoms with van der Waals surface area (Å²) >= 11 is 0. The molecule has 1 aliphatic rings. The Balaban J connectivity index is 1.59. The lowest BCUT2D eigenvalue weighted by molar-refractivity contribution is 0.0980. The van der Waals surface area contributed by atoms with Crippen molar-refractivity contribution in [2.75, 3.05) is 16.8 Å². The van der Waals surface area contributed by atoms with Gasteiger partial charge in [-0.25, -0.2) is 4.39 Å². The highest BCUT2D eigenvalue weighted by molar-refractivity contribution is 6.08. The first-order valence-corrected chi connectivity index (χ1v) is 9.60. The molecule has 0 radical (unpaired) electrons. The zero-order chi connectivity index (χ0) is 20.4. The third kappa shape index (κ3) is 3.90. The summed E-state index contributed by atoms with van der Waals surface area (Å²) in [4.78, 5) is 27.1. The molecule has 0 bridgehead atoms. The molecule has 3 aromatic rings. The Bertz CT molecular complexity index is 1090. The lowest BCUT2D eigenvalue weighted by Gasteiger charge is -2.30. The summed E-state index contributed by atoms with van der Waals surface area (Å²) in [5.74, 6) is -1.09. The number of nitrogens with one attached hydrogen (secondary N) is 1. The number of rotatable bonds is 3. The summed E-state index contributed by atoms with van der Waals surface area (Å²) in [5.41, 5.74) is 4.04. The van der Waals surface area contributed by atoms with E-state index in [4.69, 9.17) is 0 Å². The summed E-state index contributed by atoms with van der Waals surface area (Å²) in [5, 5.41) is 2.90. The average Bonchev–Trinajstić information content (AvgIpc) is 2.73. The van der Waals surface area contributed by atoms with Gasteiger partial charge in [0.1, 0.15) is 5.82 Å². The third-order valence-electron chi connectivity index (χ3n) is 5.09. The van der Waals surface area contributed by atoms with E-state index in [1.54, 1.807) is 29.2 Å². The molecule has 2 amide bonds. The molecular weight excluding hydrogens is 367 g/mol. The minimum atomic E-state index is -0.529. The van der Waals surface area contributed by atoms with Crippen LogP contribution in [-0.2, 0) is 6.42 Å². The number of benzene rings is 3. The van der Waals surface area contributed by atoms with Crippen LogP contribution in [0.5, 0.6) is 0 Å². The fourth-order valence-corrected chi connectivity index (χ4v) is 3.66. The van der Waals surface area contributed by atoms with Crippen LogP contribution in [0.2, 0.25) is 0 Å². The molecule has 5 heteroatoms. The number of hydrogen-bond donors (Lipinski definition) is 1. The number of anilines is 2. The molecule has 4 rings (SSSR count). The lowest BCUT2D eigenvalue weighted by atomic mass is 9.98. The van der Waals surface area contributed by atoms with Gasteiger partial charge in [0.25, 0.3) is 11.8 Å². The van der Waals surface area contributed by atoms with Gasteiger partial charge in [-0.15, -0.1) is 0 Å². The van der Waals surface area contributed by atoms with E-state index in [0.29, 0.717) is 12.1 Å². The topological polar surface area (TPSA) is 49.4 Å². The smallest absolute Gasteiger partial charge is 0.261 e. The summed E-state index contributed by atoms with van der Waals surface area (Å²) in [6, 6.07) is 18.9. The zero-order valence-electron chi connectivity index (χ0n) is 16.1. The zero-order valence-corrected chi connectivity index (χ0v) is 16.1. The molecule has 0 aliphatic carbocycles. The second-order valence-electron chi connectivity index (χ2n) is 7.21. The minimum absolute atomic E-state index is 0.0571. The Hall–Kier alpha value is -3.47. The highest BCUT2D eigenvalue weighted by Gasteiger charge is 2.26. The first-order chi connectivity index (χ1) is 14.0. The minimum Gasteiger partial charge on any atom is -0.322 e. The van der Waals surface area contributed by atoms with E-state index in [9.17, 15) is 14.0 Å². The van der Waals surface area contributed by atoms with Crippen LogP contribution in [0.1, 0.15) is 38.3 Å². The number of carbonyl (C=O) groups excluding carboxylic acids is 2. The molecule has 1 N–H and O–H groups in total. The number of aryl methyl sites for hydroxylation is 2. The summed E-state index contributed by atoms with van der Waals surface area (Å²) in [6.45, 7) is 2.49. The molecule has 0 saturated heterocycles. The fraction of sp³-hybridized carbons (Fsp3) is 0.167. The van der Waals surface area contributed by atoms with Crippen molar-refractivity contribution in [2.45, 2.75) is 19.8 Å². The second-order valence-corrected chi connectivity index (χ2v) is 7.21. The van der Waals surface area contributed by atoms with Gasteiger partial charge in [0, 0.05) is 23.5 Å². The Morgan fingerprint density at radius 2 is 1.83 bits per heavy atom. The van der Waals surface area contributed by atoms with Crippen LogP contribution < -0.4 is 10.2 Å². The maximum absolute atomic E-state index is 14.1. The molecule has 0 atom stereocenters. The van der Waals surface area contributed by atoms with E-state index in [1.165, 1.54) is 12.1 Å². The van der Waals surface area contributed by atoms with Crippen molar-refractivity contribution in [1.82, 2.24) is 0 Å². The van der Waals surface area contributed by atoms with E-state index in [0.717, 1.165) is 35.3 Å². The molecule has 4 nitrogen and oxygen atoms in total. The first-order valence-electron chi connectivity index (χ1n) is 9.60. The van der Waals surface area contributed by atoms with Gasteiger partial charge >= 0.3 is 0 Å². The molecule has 0 aromatic heterocycles. The molecule has 1 aliphatic heterocycles. The third-order valence-corrected chi connectivity index (χ3v) is 5.09. The van der Waals surface area contributed by atoms with Gasteiger partial charge in [-0.05, 0) is 73.4 Å². The van der Waals surface area contributed by atoms with Crippen molar-refractivity contribution in [3.05, 3.63) is 94.8 Å². The number of nitrogens with zero attached hydrogens (tertiary/aromatic N) is 1. The Morgan fingerprint density at radius 1 is 1.00 bits per heavy atom. The largest absolute Gasteiger partial charge is 0.322 e. The predicted octanol–water partition coefficient (Wildman–Crippen LogP) is 4.98. The number of hydrogen-bond acceptors (Lipinski definition) is 2. The summed E-state index contributed by atoms with van der Waals surface area (Å²) in [6.07, 6.45) is 1.53. The number of carbonyl (C=O) groups is 2. The quantitative estimate of drug-likeness (QED) is 0.688. The highest BCUT2D eigenvalue weighted by atomic mass is 19.1. The predicted molar refractivity (Wildman–Crippen MR) is 112 cm³/mol. The van der Waals surface area contributed by atoms with Gasteiger partial charge in [0.05, 0.1) is 5.56 Å². The molecule has 0 fully saturated rings. The highest BCUT2D eigenvalue weighted by Crippen LogP contribution is 2.30. The van der Waals surface area contributed by atoms with Crippen molar-refractivity contribution in [3.63, 3.8) is 0 Å². The molecule has 0 saturated carbocycles. The van der Waals surface area contributed by atoms with Gasteiger partial charge in [-0.2, -0.15) is 0 Å². The van der Waals surface area contributed by atoms with Crippen molar-refractivity contribution >= 4 is 23.2 Å². The van der Waals surface area contributed by atoms with Crippen molar-refractivity contribution in [1.29, 1.82) is 0 Å². The Kier molecular flexibility index (Phi) is 5.12. The van der Waals surface area contributed by atoms with E-state index >= 15 is 0 Å². The molecule has 0 spiro atoms. The SMILES string of the molecule is Cc1cccc(NC(=O)c2ccc3c(c2)CCCN3C(=O)c2ccccc2F)c1. The van der Waals surface area contributed by atoms with Crippen molar-refractivity contribution in [3.8, 4) is 0 Å². The van der Waals surface area contributed by atoms with Crippen molar-refractivity contribution in [2.24, 2.45) is 0 Å². The van der Waals surface area contributed by atoms with E-state index < -0.39 is 5.82 Å². The van der Waals surface area contributed by atoms with Gasteiger partial charge in [-0.3, -0.25) is 9.59 Å². The van der Waals surface area contributed by atoms with Crippen LogP contribution in [-0.4, -0.2) is 18.4 Å². The molecule has 1 heterocycles. The normalized spacial score (nSPS) is 13.0. The van der Waals surface area contributed by atoms with Gasteiger partial charge in [0.2, 0.25) is 0 Å². The monoisotopic (exact) mass is 388 g/mol. The number of halogens is 1. The average molecular weight is 388 g/mol. The Labute approximate surface area is 169 Å². The van der Waals surface area contributed by atoms with Crippen LogP contribution in [0.4, 0.5) is 15.8 Å². The molecular formula is C24H21FN2O2. The number of amides is 2. The number of fused-ring (bicyclic) bond motifs is 1. The van der Waals surface area contributed by atoms with Crippen LogP contribution in [0.25, 0.3) is 0 Å². The summed E-state index contributed by atoms with van der Waals surface area (Å²) in [7, 11) is 0. The first kappa shape index (κ1) is 18.9. The van der Waals surface area contributed by atoms with Crippen LogP contribution in [0.3, 0.4) is 0 Å². The van der Waals surface area contributed by atoms with Crippen LogP contribution >= 0.6 is 0 Å². The maximum Gasteiger partial charge on any atom is 0.261 e. The molecule has 29 heavy (non-hydrogen) atoms. The van der Waals surface area contributed by atoms with Gasteiger partial charge < -0.3 is 10.2 Å². The lowest BCUT2D eigenvalue weighted by Crippen LogP contribution is -2.36. The fourth-order valence-electron chi connectivity index (χ4n) is 3.66.